The normalized spacial score (nSPS) is 18.3. The predicted molar refractivity (Wildman–Crippen MR) is 89.1 cm³/mol. The minimum Gasteiger partial charge on any atom is -0.395 e. The molecule has 1 aliphatic rings. The zero-order valence-corrected chi connectivity index (χ0v) is 14.0. The van der Waals surface area contributed by atoms with E-state index < -0.39 is 6.17 Å². The lowest BCUT2D eigenvalue weighted by atomic mass is 10.3. The Morgan fingerprint density at radius 1 is 1.39 bits per heavy atom. The number of hydrogen-bond donors (Lipinski definition) is 1. The van der Waals surface area contributed by atoms with E-state index in [9.17, 15) is 9.59 Å². The van der Waals surface area contributed by atoms with Gasteiger partial charge < -0.3 is 5.11 Å². The van der Waals surface area contributed by atoms with Gasteiger partial charge in [0.1, 0.15) is 11.0 Å². The van der Waals surface area contributed by atoms with Crippen molar-refractivity contribution in [1.29, 1.82) is 0 Å². The molecule has 2 aromatic rings. The molecule has 3 rings (SSSR count). The number of aliphatic hydroxyl groups excluding tert-OH is 1. The Kier molecular flexibility index (Phi) is 5.08. The van der Waals surface area contributed by atoms with Crippen molar-refractivity contribution in [3.63, 3.8) is 0 Å². The van der Waals surface area contributed by atoms with Crippen molar-refractivity contribution in [3.05, 3.63) is 27.0 Å². The number of aldehydes is 1. The fourth-order valence-electron chi connectivity index (χ4n) is 2.85. The number of β-amino-alcohol motifs (C(OH)–C–C–N with tert-alkyl or cyclic N) is 1. The molecule has 7 nitrogen and oxygen atoms in total. The summed E-state index contributed by atoms with van der Waals surface area (Å²) in [6, 6.07) is 1.67. The highest BCUT2D eigenvalue weighted by atomic mass is 35.5. The molecule has 0 radical (unpaired) electrons. The summed E-state index contributed by atoms with van der Waals surface area (Å²) < 4.78 is 1.47. The van der Waals surface area contributed by atoms with Crippen molar-refractivity contribution in [2.45, 2.75) is 6.17 Å². The molecular formula is C14H17ClN4O3S. The number of aromatic nitrogens is 2. The van der Waals surface area contributed by atoms with Crippen molar-refractivity contribution in [1.82, 2.24) is 19.4 Å². The lowest BCUT2D eigenvalue weighted by Crippen LogP contribution is -2.50. The predicted octanol–water partition coefficient (Wildman–Crippen LogP) is 0.419. The lowest BCUT2D eigenvalue weighted by molar-refractivity contribution is -0.116. The second-order valence-corrected chi connectivity index (χ2v) is 6.74. The summed E-state index contributed by atoms with van der Waals surface area (Å²) in [5.74, 6) is 0. The molecule has 0 aromatic carbocycles. The largest absolute Gasteiger partial charge is 0.395 e. The van der Waals surface area contributed by atoms with Crippen LogP contribution in [-0.4, -0.2) is 70.1 Å². The van der Waals surface area contributed by atoms with Crippen LogP contribution < -0.4 is 4.87 Å². The quantitative estimate of drug-likeness (QED) is 0.782. The molecule has 1 saturated heterocycles. The number of rotatable bonds is 5. The Hall–Kier alpha value is -1.32. The van der Waals surface area contributed by atoms with Gasteiger partial charge in [-0.15, -0.1) is 0 Å². The minimum absolute atomic E-state index is 0.121. The standard InChI is InChI=1S/C14H17ClN4O3S/c15-10-7-11-13(16-8-10)23-14(22)19(11)12(9-21)18-3-1-17(2-4-18)5-6-20/h7-9,12,20H,1-6H2. The first kappa shape index (κ1) is 16.5. The van der Waals surface area contributed by atoms with E-state index in [1.54, 1.807) is 6.07 Å². The number of carbonyl (C=O) groups is 1. The molecule has 1 fully saturated rings. The topological polar surface area (TPSA) is 78.7 Å². The van der Waals surface area contributed by atoms with Crippen molar-refractivity contribution in [2.75, 3.05) is 39.3 Å². The number of pyridine rings is 1. The summed E-state index contributed by atoms with van der Waals surface area (Å²) >= 11 is 6.99. The summed E-state index contributed by atoms with van der Waals surface area (Å²) in [7, 11) is 0. The molecule has 1 unspecified atom stereocenters. The Balaban J connectivity index is 1.90. The first-order chi connectivity index (χ1) is 11.1. The van der Waals surface area contributed by atoms with Gasteiger partial charge in [0.05, 0.1) is 17.1 Å². The zero-order chi connectivity index (χ0) is 16.4. The number of aliphatic hydroxyl groups is 1. The van der Waals surface area contributed by atoms with Gasteiger partial charge in [-0.3, -0.25) is 24.0 Å². The fourth-order valence-corrected chi connectivity index (χ4v) is 3.84. The highest BCUT2D eigenvalue weighted by Crippen LogP contribution is 2.23. The van der Waals surface area contributed by atoms with Crippen LogP contribution in [0.25, 0.3) is 10.3 Å². The fraction of sp³-hybridized carbons (Fsp3) is 0.500. The van der Waals surface area contributed by atoms with Gasteiger partial charge in [0.25, 0.3) is 0 Å². The van der Waals surface area contributed by atoms with Crippen molar-refractivity contribution in [3.8, 4) is 0 Å². The minimum atomic E-state index is -0.659. The summed E-state index contributed by atoms with van der Waals surface area (Å²) in [6.07, 6.45) is 1.62. The molecule has 3 heterocycles. The third kappa shape index (κ3) is 3.31. The number of nitrogens with zero attached hydrogens (tertiary/aromatic N) is 4. The van der Waals surface area contributed by atoms with Crippen LogP contribution in [0.5, 0.6) is 0 Å². The smallest absolute Gasteiger partial charge is 0.311 e. The van der Waals surface area contributed by atoms with Crippen LogP contribution in [0.15, 0.2) is 17.1 Å². The van der Waals surface area contributed by atoms with Gasteiger partial charge in [-0.25, -0.2) is 4.98 Å². The third-order valence-electron chi connectivity index (χ3n) is 4.02. The molecule has 0 bridgehead atoms. The molecule has 1 atom stereocenters. The van der Waals surface area contributed by atoms with E-state index in [4.69, 9.17) is 16.7 Å². The summed E-state index contributed by atoms with van der Waals surface area (Å²) in [6.45, 7) is 3.56. The molecule has 0 amide bonds. The zero-order valence-electron chi connectivity index (χ0n) is 12.4. The van der Waals surface area contributed by atoms with Crippen LogP contribution in [0, 0.1) is 0 Å². The number of hydrogen-bond acceptors (Lipinski definition) is 7. The van der Waals surface area contributed by atoms with Gasteiger partial charge in [-0.05, 0) is 6.07 Å². The molecule has 0 saturated carbocycles. The first-order valence-corrected chi connectivity index (χ1v) is 8.52. The van der Waals surface area contributed by atoms with Gasteiger partial charge in [0.2, 0.25) is 0 Å². The van der Waals surface area contributed by atoms with Crippen LogP contribution in [0.2, 0.25) is 5.02 Å². The van der Waals surface area contributed by atoms with E-state index in [0.29, 0.717) is 35.0 Å². The number of piperazine rings is 1. The average molecular weight is 357 g/mol. The Labute approximate surface area is 141 Å². The average Bonchev–Trinajstić information content (AvgIpc) is 2.86. The van der Waals surface area contributed by atoms with Crippen LogP contribution in [0.4, 0.5) is 0 Å². The van der Waals surface area contributed by atoms with Gasteiger partial charge in [-0.1, -0.05) is 22.9 Å². The van der Waals surface area contributed by atoms with E-state index >= 15 is 0 Å². The highest BCUT2D eigenvalue weighted by molar-refractivity contribution is 7.16. The summed E-state index contributed by atoms with van der Waals surface area (Å²) in [4.78, 5) is 32.6. The van der Waals surface area contributed by atoms with E-state index in [0.717, 1.165) is 30.7 Å². The van der Waals surface area contributed by atoms with Crippen LogP contribution in [0.3, 0.4) is 0 Å². The Bertz CT molecular complexity index is 754. The molecule has 9 heteroatoms. The first-order valence-electron chi connectivity index (χ1n) is 7.33. The van der Waals surface area contributed by atoms with Crippen LogP contribution in [-0.2, 0) is 4.79 Å². The Morgan fingerprint density at radius 2 is 2.13 bits per heavy atom. The monoisotopic (exact) mass is 356 g/mol. The molecule has 1 N–H and O–H groups in total. The molecule has 0 aliphatic carbocycles. The van der Waals surface area contributed by atoms with Crippen LogP contribution in [0.1, 0.15) is 6.17 Å². The van der Waals surface area contributed by atoms with Gasteiger partial charge >= 0.3 is 4.87 Å². The highest BCUT2D eigenvalue weighted by Gasteiger charge is 2.27. The van der Waals surface area contributed by atoms with Crippen molar-refractivity contribution >= 4 is 39.6 Å². The van der Waals surface area contributed by atoms with E-state index in [1.807, 2.05) is 4.90 Å². The molecule has 1 aliphatic heterocycles. The number of carbonyl (C=O) groups excluding carboxylic acids is 1. The van der Waals surface area contributed by atoms with E-state index in [1.165, 1.54) is 10.8 Å². The van der Waals surface area contributed by atoms with Gasteiger partial charge in [-0.2, -0.15) is 0 Å². The summed E-state index contributed by atoms with van der Waals surface area (Å²) in [5, 5.41) is 9.43. The second-order valence-electron chi connectivity index (χ2n) is 5.37. The van der Waals surface area contributed by atoms with Crippen molar-refractivity contribution < 1.29 is 9.90 Å². The molecule has 2 aromatic heterocycles. The van der Waals surface area contributed by atoms with Gasteiger partial charge in [0.15, 0.2) is 6.29 Å². The number of thiazole rings is 1. The molecule has 23 heavy (non-hydrogen) atoms. The Morgan fingerprint density at radius 3 is 2.78 bits per heavy atom. The van der Waals surface area contributed by atoms with Crippen molar-refractivity contribution in [2.24, 2.45) is 0 Å². The second kappa shape index (κ2) is 7.06. The lowest BCUT2D eigenvalue weighted by Gasteiger charge is -2.37. The van der Waals surface area contributed by atoms with E-state index in [2.05, 4.69) is 9.88 Å². The molecule has 0 spiro atoms. The number of halogens is 1. The number of fused-ring (bicyclic) bond motifs is 1. The van der Waals surface area contributed by atoms with Gasteiger partial charge in [0, 0.05) is 38.9 Å². The maximum absolute atomic E-state index is 12.3. The summed E-state index contributed by atoms with van der Waals surface area (Å²) in [5.41, 5.74) is 0.586. The molecular weight excluding hydrogens is 340 g/mol. The van der Waals surface area contributed by atoms with E-state index in [-0.39, 0.29) is 11.5 Å². The van der Waals surface area contributed by atoms with Crippen LogP contribution >= 0.6 is 22.9 Å². The third-order valence-corrected chi connectivity index (χ3v) is 5.11. The maximum Gasteiger partial charge on any atom is 0.311 e. The maximum atomic E-state index is 12.3. The molecule has 124 valence electrons. The SMILES string of the molecule is O=CC(N1CCN(CCO)CC1)n1c(=O)sc2ncc(Cl)cc21.